The minimum absolute atomic E-state index is 0.0209. The van der Waals surface area contributed by atoms with Gasteiger partial charge in [-0.2, -0.15) is 18.4 Å². The first-order valence-corrected chi connectivity index (χ1v) is 7.10. The summed E-state index contributed by atoms with van der Waals surface area (Å²) in [4.78, 5) is 1.34. The third kappa shape index (κ3) is 3.52. The van der Waals surface area contributed by atoms with Gasteiger partial charge in [0.15, 0.2) is 0 Å². The molecule has 0 aliphatic rings. The van der Waals surface area contributed by atoms with E-state index in [1.807, 2.05) is 6.07 Å². The number of benzene rings is 1. The number of nitrogens with zero attached hydrogens (tertiary/aromatic N) is 1. The summed E-state index contributed by atoms with van der Waals surface area (Å²) in [5, 5.41) is 11.5. The summed E-state index contributed by atoms with van der Waals surface area (Å²) in [5.41, 5.74) is -0.698. The number of thiophene rings is 1. The minimum atomic E-state index is -4.42. The molecule has 0 saturated carbocycles. The summed E-state index contributed by atoms with van der Waals surface area (Å²) >= 11 is 4.29. The van der Waals surface area contributed by atoms with Crippen molar-refractivity contribution >= 4 is 33.0 Å². The summed E-state index contributed by atoms with van der Waals surface area (Å²) in [6, 6.07) is 9.33. The third-order valence-electron chi connectivity index (χ3n) is 2.51. The van der Waals surface area contributed by atoms with Gasteiger partial charge < -0.3 is 5.32 Å². The fourth-order valence-electron chi connectivity index (χ4n) is 1.62. The molecule has 1 heterocycles. The van der Waals surface area contributed by atoms with Gasteiger partial charge in [0.25, 0.3) is 0 Å². The van der Waals surface area contributed by atoms with Gasteiger partial charge in [0.1, 0.15) is 10.9 Å². The van der Waals surface area contributed by atoms with Crippen LogP contribution in [0.4, 0.5) is 18.9 Å². The van der Waals surface area contributed by atoms with Crippen LogP contribution < -0.4 is 5.32 Å². The van der Waals surface area contributed by atoms with Crippen LogP contribution in [-0.2, 0) is 12.7 Å². The highest BCUT2D eigenvalue weighted by molar-refractivity contribution is 9.10. The number of anilines is 1. The zero-order valence-electron chi connectivity index (χ0n) is 9.96. The Hall–Kier alpha value is -1.52. The Kier molecular flexibility index (Phi) is 4.35. The molecule has 0 spiro atoms. The molecule has 0 radical (unpaired) electrons. The molecule has 0 aliphatic heterocycles. The standard InChI is InChI=1S/C13H8BrF3N2S/c14-8-1-4-12(11(5-8)13(15,16)17)19-7-10-3-2-9(6-18)20-10/h1-5,19H,7H2. The van der Waals surface area contributed by atoms with Crippen LogP contribution in [0.3, 0.4) is 0 Å². The lowest BCUT2D eigenvalue weighted by Crippen LogP contribution is -2.10. The summed E-state index contributed by atoms with van der Waals surface area (Å²) in [5.74, 6) is 0. The van der Waals surface area contributed by atoms with Crippen molar-refractivity contribution in [1.82, 2.24) is 0 Å². The van der Waals surface area contributed by atoms with E-state index in [-0.39, 0.29) is 12.2 Å². The number of nitriles is 1. The molecule has 0 unspecified atom stereocenters. The zero-order valence-corrected chi connectivity index (χ0v) is 12.4. The van der Waals surface area contributed by atoms with Gasteiger partial charge in [-0.1, -0.05) is 15.9 Å². The van der Waals surface area contributed by atoms with Crippen molar-refractivity contribution < 1.29 is 13.2 Å². The molecule has 2 nitrogen and oxygen atoms in total. The van der Waals surface area contributed by atoms with Gasteiger partial charge in [-0.15, -0.1) is 11.3 Å². The molecule has 2 rings (SSSR count). The summed E-state index contributed by atoms with van der Waals surface area (Å²) in [6.07, 6.45) is -4.42. The second-order valence-electron chi connectivity index (χ2n) is 3.92. The summed E-state index contributed by atoms with van der Waals surface area (Å²) in [6.45, 7) is 0.247. The number of hydrogen-bond donors (Lipinski definition) is 1. The Bertz CT molecular complexity index is 658. The highest BCUT2D eigenvalue weighted by atomic mass is 79.9. The van der Waals surface area contributed by atoms with Crippen LogP contribution in [-0.4, -0.2) is 0 Å². The molecule has 0 fully saturated rings. The van der Waals surface area contributed by atoms with Crippen molar-refractivity contribution in [3.8, 4) is 6.07 Å². The van der Waals surface area contributed by atoms with Crippen molar-refractivity contribution in [2.75, 3.05) is 5.32 Å². The highest BCUT2D eigenvalue weighted by Crippen LogP contribution is 2.36. The fraction of sp³-hybridized carbons (Fsp3) is 0.154. The van der Waals surface area contributed by atoms with Gasteiger partial charge in [-0.25, -0.2) is 0 Å². The Morgan fingerprint density at radius 3 is 2.60 bits per heavy atom. The predicted molar refractivity (Wildman–Crippen MR) is 75.5 cm³/mol. The predicted octanol–water partition coefficient (Wildman–Crippen LogP) is 5.01. The largest absolute Gasteiger partial charge is 0.418 e. The van der Waals surface area contributed by atoms with Crippen LogP contribution in [0, 0.1) is 11.3 Å². The first-order chi connectivity index (χ1) is 9.40. The van der Waals surface area contributed by atoms with Crippen molar-refractivity contribution in [2.45, 2.75) is 12.7 Å². The van der Waals surface area contributed by atoms with E-state index in [4.69, 9.17) is 5.26 Å². The Balaban J connectivity index is 2.19. The van der Waals surface area contributed by atoms with Crippen molar-refractivity contribution in [3.05, 3.63) is 50.1 Å². The molecule has 1 N–H and O–H groups in total. The van der Waals surface area contributed by atoms with Gasteiger partial charge in [0.2, 0.25) is 0 Å². The molecule has 0 amide bonds. The normalized spacial score (nSPS) is 11.2. The Morgan fingerprint density at radius 2 is 2.00 bits per heavy atom. The fourth-order valence-corrected chi connectivity index (χ4v) is 2.73. The lowest BCUT2D eigenvalue weighted by molar-refractivity contribution is -0.137. The maximum Gasteiger partial charge on any atom is 0.418 e. The number of halogens is 4. The van der Waals surface area contributed by atoms with Crippen molar-refractivity contribution in [1.29, 1.82) is 5.26 Å². The second kappa shape index (κ2) is 5.85. The minimum Gasteiger partial charge on any atom is -0.380 e. The third-order valence-corrected chi connectivity index (χ3v) is 4.00. The quantitative estimate of drug-likeness (QED) is 0.834. The van der Waals surface area contributed by atoms with E-state index in [1.54, 1.807) is 18.2 Å². The van der Waals surface area contributed by atoms with Crippen molar-refractivity contribution in [2.24, 2.45) is 0 Å². The molecule has 0 saturated heterocycles. The average Bonchev–Trinajstić information content (AvgIpc) is 2.84. The van der Waals surface area contributed by atoms with Gasteiger partial charge in [0.05, 0.1) is 5.56 Å². The van der Waals surface area contributed by atoms with Crippen LogP contribution in [0.5, 0.6) is 0 Å². The molecule has 104 valence electrons. The molecular weight excluding hydrogens is 353 g/mol. The summed E-state index contributed by atoms with van der Waals surface area (Å²) in [7, 11) is 0. The smallest absolute Gasteiger partial charge is 0.380 e. The SMILES string of the molecule is N#Cc1ccc(CNc2ccc(Br)cc2C(F)(F)F)s1. The van der Waals surface area contributed by atoms with E-state index in [2.05, 4.69) is 21.2 Å². The van der Waals surface area contributed by atoms with Gasteiger partial charge in [-0.05, 0) is 30.3 Å². The van der Waals surface area contributed by atoms with Crippen molar-refractivity contribution in [3.63, 3.8) is 0 Å². The van der Waals surface area contributed by atoms with Gasteiger partial charge >= 0.3 is 6.18 Å². The molecule has 7 heteroatoms. The van der Waals surface area contributed by atoms with E-state index >= 15 is 0 Å². The second-order valence-corrected chi connectivity index (χ2v) is 6.00. The molecular formula is C13H8BrF3N2S. The van der Waals surface area contributed by atoms with E-state index in [0.717, 1.165) is 10.9 Å². The first kappa shape index (κ1) is 14.9. The number of alkyl halides is 3. The van der Waals surface area contributed by atoms with Gasteiger partial charge in [-0.3, -0.25) is 0 Å². The highest BCUT2D eigenvalue weighted by Gasteiger charge is 2.33. The molecule has 1 aromatic carbocycles. The monoisotopic (exact) mass is 360 g/mol. The number of rotatable bonds is 3. The Morgan fingerprint density at radius 1 is 1.25 bits per heavy atom. The van der Waals surface area contributed by atoms with E-state index in [1.165, 1.54) is 17.4 Å². The first-order valence-electron chi connectivity index (χ1n) is 5.49. The van der Waals surface area contributed by atoms with Crippen LogP contribution in [0.2, 0.25) is 0 Å². The van der Waals surface area contributed by atoms with Crippen LogP contribution >= 0.6 is 27.3 Å². The molecule has 1 aromatic heterocycles. The average molecular weight is 361 g/mol. The molecule has 2 aromatic rings. The van der Waals surface area contributed by atoms with E-state index in [0.29, 0.717) is 9.35 Å². The van der Waals surface area contributed by atoms with Crippen LogP contribution in [0.25, 0.3) is 0 Å². The van der Waals surface area contributed by atoms with Crippen LogP contribution in [0.1, 0.15) is 15.3 Å². The maximum absolute atomic E-state index is 12.9. The zero-order chi connectivity index (χ0) is 14.8. The topological polar surface area (TPSA) is 35.8 Å². The number of nitrogens with one attached hydrogen (secondary N) is 1. The van der Waals surface area contributed by atoms with Crippen LogP contribution in [0.15, 0.2) is 34.8 Å². The lowest BCUT2D eigenvalue weighted by atomic mass is 10.1. The number of hydrogen-bond acceptors (Lipinski definition) is 3. The van der Waals surface area contributed by atoms with Gasteiger partial charge in [0, 0.05) is 21.6 Å². The molecule has 20 heavy (non-hydrogen) atoms. The molecule has 0 bridgehead atoms. The molecule has 0 aliphatic carbocycles. The summed E-state index contributed by atoms with van der Waals surface area (Å²) < 4.78 is 39.1. The Labute approximate surface area is 126 Å². The molecule has 0 atom stereocenters. The lowest BCUT2D eigenvalue weighted by Gasteiger charge is -2.14. The van der Waals surface area contributed by atoms with E-state index in [9.17, 15) is 13.2 Å². The maximum atomic E-state index is 12.9. The van der Waals surface area contributed by atoms with E-state index < -0.39 is 11.7 Å².